The maximum atomic E-state index is 14.0. The summed E-state index contributed by atoms with van der Waals surface area (Å²) >= 11 is 1.28. The first-order valence-corrected chi connectivity index (χ1v) is 9.34. The smallest absolute Gasteiger partial charge is 0.320 e. The largest absolute Gasteiger partial charge is 0.326 e. The number of aromatic amines is 2. The molecule has 144 valence electrons. The van der Waals surface area contributed by atoms with Crippen LogP contribution in [0.15, 0.2) is 69.6 Å². The van der Waals surface area contributed by atoms with Gasteiger partial charge < -0.3 is 10.3 Å². The molecule has 0 saturated heterocycles. The standard InChI is InChI=1S/C20H13FN4O3S/c21-13-7-3-1-5-11(13)19-23-16(10-29-19)12-6-2-4-8-14(12)22-18(27)15-9-17(26)25-20(28)24-15/h1-10H,(H,22,27)(H2,24,25,26,28). The van der Waals surface area contributed by atoms with Gasteiger partial charge in [0.1, 0.15) is 16.5 Å². The second kappa shape index (κ2) is 7.64. The minimum atomic E-state index is -0.773. The van der Waals surface area contributed by atoms with Crippen LogP contribution < -0.4 is 16.6 Å². The van der Waals surface area contributed by atoms with Crippen molar-refractivity contribution in [1.29, 1.82) is 0 Å². The number of nitrogens with one attached hydrogen (secondary N) is 3. The molecule has 3 N–H and O–H groups in total. The van der Waals surface area contributed by atoms with Crippen LogP contribution in [0.3, 0.4) is 0 Å². The summed E-state index contributed by atoms with van der Waals surface area (Å²) in [5.41, 5.74) is 0.385. The fourth-order valence-corrected chi connectivity index (χ4v) is 3.60. The van der Waals surface area contributed by atoms with Gasteiger partial charge in [0, 0.05) is 22.6 Å². The molecule has 0 atom stereocenters. The molecule has 1 amide bonds. The molecule has 0 spiro atoms. The van der Waals surface area contributed by atoms with E-state index in [0.29, 0.717) is 27.5 Å². The van der Waals surface area contributed by atoms with Gasteiger partial charge in [-0.1, -0.05) is 30.3 Å². The number of nitrogens with zero attached hydrogens (tertiary/aromatic N) is 1. The monoisotopic (exact) mass is 408 g/mol. The maximum Gasteiger partial charge on any atom is 0.326 e. The maximum absolute atomic E-state index is 14.0. The van der Waals surface area contributed by atoms with Gasteiger partial charge >= 0.3 is 5.69 Å². The van der Waals surface area contributed by atoms with Crippen LogP contribution in [0.2, 0.25) is 0 Å². The summed E-state index contributed by atoms with van der Waals surface area (Å²) in [4.78, 5) is 44.1. The van der Waals surface area contributed by atoms with E-state index in [1.165, 1.54) is 17.4 Å². The number of H-pyrrole nitrogens is 2. The number of carbonyl (C=O) groups excluding carboxylic acids is 1. The van der Waals surface area contributed by atoms with Crippen LogP contribution in [-0.2, 0) is 0 Å². The van der Waals surface area contributed by atoms with Gasteiger partial charge in [0.15, 0.2) is 0 Å². The van der Waals surface area contributed by atoms with Crippen LogP contribution in [0.25, 0.3) is 21.8 Å². The number of aromatic nitrogens is 3. The summed E-state index contributed by atoms with van der Waals surface area (Å²) in [7, 11) is 0. The van der Waals surface area contributed by atoms with Crippen LogP contribution in [0.5, 0.6) is 0 Å². The quantitative estimate of drug-likeness (QED) is 0.482. The lowest BCUT2D eigenvalue weighted by Crippen LogP contribution is -2.27. The van der Waals surface area contributed by atoms with Crippen LogP contribution >= 0.6 is 11.3 Å². The molecular weight excluding hydrogens is 395 g/mol. The highest BCUT2D eigenvalue weighted by Gasteiger charge is 2.15. The molecule has 7 nitrogen and oxygen atoms in total. The van der Waals surface area contributed by atoms with Crippen LogP contribution in [0.1, 0.15) is 10.5 Å². The molecule has 2 aromatic carbocycles. The van der Waals surface area contributed by atoms with Crippen molar-refractivity contribution in [3.05, 3.63) is 92.3 Å². The molecule has 0 fully saturated rings. The third-order valence-electron chi connectivity index (χ3n) is 4.06. The highest BCUT2D eigenvalue weighted by atomic mass is 32.1. The molecule has 4 aromatic rings. The second-order valence-electron chi connectivity index (χ2n) is 6.02. The number of amides is 1. The zero-order valence-electron chi connectivity index (χ0n) is 14.7. The molecule has 2 aromatic heterocycles. The fraction of sp³-hybridized carbons (Fsp3) is 0. The lowest BCUT2D eigenvalue weighted by Gasteiger charge is -2.09. The van der Waals surface area contributed by atoms with Gasteiger partial charge in [-0.25, -0.2) is 14.2 Å². The average Bonchev–Trinajstić information content (AvgIpc) is 3.17. The topological polar surface area (TPSA) is 108 Å². The van der Waals surface area contributed by atoms with E-state index in [1.54, 1.807) is 47.8 Å². The Morgan fingerprint density at radius 1 is 1.00 bits per heavy atom. The van der Waals surface area contributed by atoms with Crippen molar-refractivity contribution in [3.8, 4) is 21.8 Å². The normalized spacial score (nSPS) is 10.7. The Balaban J connectivity index is 1.67. The van der Waals surface area contributed by atoms with Gasteiger partial charge in [-0.3, -0.25) is 14.6 Å². The van der Waals surface area contributed by atoms with Crippen molar-refractivity contribution in [2.45, 2.75) is 0 Å². The number of rotatable bonds is 4. The summed E-state index contributed by atoms with van der Waals surface area (Å²) in [5.74, 6) is -1.02. The van der Waals surface area contributed by atoms with Crippen LogP contribution in [-0.4, -0.2) is 20.9 Å². The van der Waals surface area contributed by atoms with Crippen LogP contribution in [0.4, 0.5) is 10.1 Å². The third-order valence-corrected chi connectivity index (χ3v) is 4.94. The Kier molecular flexibility index (Phi) is 4.88. The average molecular weight is 408 g/mol. The molecule has 29 heavy (non-hydrogen) atoms. The zero-order chi connectivity index (χ0) is 20.4. The SMILES string of the molecule is O=C(Nc1ccccc1-c1csc(-c2ccccc2F)n1)c1cc(=O)[nH]c(=O)[nH]1. The molecule has 4 rings (SSSR count). The van der Waals surface area contributed by atoms with E-state index in [2.05, 4.69) is 15.3 Å². The molecule has 2 heterocycles. The highest BCUT2D eigenvalue weighted by Crippen LogP contribution is 2.33. The van der Waals surface area contributed by atoms with E-state index in [0.717, 1.165) is 6.07 Å². The summed E-state index contributed by atoms with van der Waals surface area (Å²) in [6, 6.07) is 14.3. The second-order valence-corrected chi connectivity index (χ2v) is 6.88. The predicted octanol–water partition coefficient (Wildman–Crippen LogP) is 3.25. The summed E-state index contributed by atoms with van der Waals surface area (Å²) < 4.78 is 14.0. The van der Waals surface area contributed by atoms with Crippen molar-refractivity contribution >= 4 is 22.9 Å². The first-order chi connectivity index (χ1) is 14.0. The highest BCUT2D eigenvalue weighted by molar-refractivity contribution is 7.13. The van der Waals surface area contributed by atoms with Gasteiger partial charge in [0.25, 0.3) is 11.5 Å². The third kappa shape index (κ3) is 3.90. The van der Waals surface area contributed by atoms with E-state index >= 15 is 0 Å². The molecule has 0 radical (unpaired) electrons. The Bertz CT molecular complexity index is 1300. The first kappa shape index (κ1) is 18.5. The molecular formula is C20H13FN4O3S. The lowest BCUT2D eigenvalue weighted by molar-refractivity contribution is 0.102. The molecule has 0 aliphatic heterocycles. The zero-order valence-corrected chi connectivity index (χ0v) is 15.5. The van der Waals surface area contributed by atoms with Crippen molar-refractivity contribution in [3.63, 3.8) is 0 Å². The minimum absolute atomic E-state index is 0.168. The molecule has 0 bridgehead atoms. The van der Waals surface area contributed by atoms with Gasteiger partial charge in [-0.2, -0.15) is 0 Å². The Hall–Kier alpha value is -3.85. The molecule has 0 aliphatic carbocycles. The van der Waals surface area contributed by atoms with Crippen molar-refractivity contribution in [1.82, 2.24) is 15.0 Å². The van der Waals surface area contributed by atoms with E-state index in [1.807, 2.05) is 4.98 Å². The fourth-order valence-electron chi connectivity index (χ4n) is 2.75. The predicted molar refractivity (Wildman–Crippen MR) is 109 cm³/mol. The number of hydrogen-bond donors (Lipinski definition) is 3. The van der Waals surface area contributed by atoms with Gasteiger partial charge in [0.2, 0.25) is 0 Å². The number of halogens is 1. The van der Waals surface area contributed by atoms with Gasteiger partial charge in [-0.05, 0) is 18.2 Å². The van der Waals surface area contributed by atoms with Crippen molar-refractivity contribution in [2.24, 2.45) is 0 Å². The first-order valence-electron chi connectivity index (χ1n) is 8.46. The number of carbonyl (C=O) groups is 1. The Labute approximate surface area is 166 Å². The summed E-state index contributed by atoms with van der Waals surface area (Å²) in [5, 5.41) is 4.95. The molecule has 0 aliphatic rings. The molecule has 0 saturated carbocycles. The van der Waals surface area contributed by atoms with E-state index in [-0.39, 0.29) is 11.5 Å². The molecule has 0 unspecified atom stereocenters. The number of anilines is 1. The number of benzene rings is 2. The Morgan fingerprint density at radius 3 is 2.48 bits per heavy atom. The van der Waals surface area contributed by atoms with Gasteiger partial charge in [-0.15, -0.1) is 11.3 Å². The van der Waals surface area contributed by atoms with Crippen LogP contribution in [0, 0.1) is 5.82 Å². The van der Waals surface area contributed by atoms with Crippen molar-refractivity contribution < 1.29 is 9.18 Å². The number of para-hydroxylation sites is 1. The molecule has 9 heteroatoms. The van der Waals surface area contributed by atoms with E-state index < -0.39 is 17.2 Å². The minimum Gasteiger partial charge on any atom is -0.320 e. The van der Waals surface area contributed by atoms with E-state index in [9.17, 15) is 18.8 Å². The Morgan fingerprint density at radius 2 is 1.72 bits per heavy atom. The number of hydrogen-bond acceptors (Lipinski definition) is 5. The van der Waals surface area contributed by atoms with Gasteiger partial charge in [0.05, 0.1) is 11.4 Å². The summed E-state index contributed by atoms with van der Waals surface area (Å²) in [6.07, 6.45) is 0. The van der Waals surface area contributed by atoms with E-state index in [4.69, 9.17) is 0 Å². The lowest BCUT2D eigenvalue weighted by atomic mass is 10.1. The number of thiazole rings is 1. The van der Waals surface area contributed by atoms with Crippen molar-refractivity contribution in [2.75, 3.05) is 5.32 Å². The summed E-state index contributed by atoms with van der Waals surface area (Å²) in [6.45, 7) is 0.